The van der Waals surface area contributed by atoms with Crippen LogP contribution in [0.15, 0.2) is 77.5 Å². The first-order valence-electron chi connectivity index (χ1n) is 10.7. The summed E-state index contributed by atoms with van der Waals surface area (Å²) in [5, 5.41) is 15.4. The van der Waals surface area contributed by atoms with Crippen molar-refractivity contribution >= 4 is 23.4 Å². The molecule has 1 amide bonds. The average molecular weight is 462 g/mol. The third-order valence-corrected chi connectivity index (χ3v) is 6.33. The van der Waals surface area contributed by atoms with E-state index in [1.54, 1.807) is 11.1 Å². The normalized spacial score (nSPS) is 17.0. The highest BCUT2D eigenvalue weighted by molar-refractivity contribution is 7.99. The van der Waals surface area contributed by atoms with Crippen LogP contribution in [0, 0.1) is 0 Å². The number of carbonyl (C=O) groups excluding carboxylic acids is 1. The van der Waals surface area contributed by atoms with Gasteiger partial charge in [-0.2, -0.15) is 5.10 Å². The van der Waals surface area contributed by atoms with Gasteiger partial charge in [0, 0.05) is 13.0 Å². The number of aromatic nitrogens is 3. The minimum atomic E-state index is -0.394. The summed E-state index contributed by atoms with van der Waals surface area (Å²) in [7, 11) is 0. The lowest BCUT2D eigenvalue weighted by molar-refractivity contribution is -0.127. The lowest BCUT2D eigenvalue weighted by Gasteiger charge is -2.26. The summed E-state index contributed by atoms with van der Waals surface area (Å²) in [6.45, 7) is 5.26. The van der Waals surface area contributed by atoms with Crippen molar-refractivity contribution in [2.24, 2.45) is 5.10 Å². The molecule has 33 heavy (non-hydrogen) atoms. The van der Waals surface area contributed by atoms with Crippen LogP contribution in [0.25, 0.3) is 0 Å². The van der Waals surface area contributed by atoms with Crippen molar-refractivity contribution < 1.29 is 14.3 Å². The Morgan fingerprint density at radius 2 is 1.91 bits per heavy atom. The Morgan fingerprint density at radius 1 is 1.12 bits per heavy atom. The number of thioether (sulfide) groups is 1. The molecule has 0 unspecified atom stereocenters. The van der Waals surface area contributed by atoms with Gasteiger partial charge < -0.3 is 9.47 Å². The molecule has 1 atom stereocenters. The molecule has 0 N–H and O–H groups in total. The second kappa shape index (κ2) is 9.50. The largest absolute Gasteiger partial charge is 0.485 e. The molecule has 2 aliphatic heterocycles. The number of benzene rings is 2. The van der Waals surface area contributed by atoms with Gasteiger partial charge in [0.15, 0.2) is 28.6 Å². The first-order valence-corrected chi connectivity index (χ1v) is 11.7. The maximum absolute atomic E-state index is 12.8. The maximum atomic E-state index is 12.8. The summed E-state index contributed by atoms with van der Waals surface area (Å²) in [6.07, 6.45) is 2.12. The lowest BCUT2D eigenvalue weighted by atomic mass is 10.1. The number of hydrogen-bond donors (Lipinski definition) is 0. The van der Waals surface area contributed by atoms with E-state index in [1.807, 2.05) is 59.2 Å². The molecule has 5 rings (SSSR count). The van der Waals surface area contributed by atoms with E-state index in [-0.39, 0.29) is 11.7 Å². The summed E-state index contributed by atoms with van der Waals surface area (Å²) >= 11 is 1.33. The van der Waals surface area contributed by atoms with Gasteiger partial charge in [-0.15, -0.1) is 16.8 Å². The molecular formula is C24H23N5O3S. The van der Waals surface area contributed by atoms with Crippen LogP contribution < -0.4 is 9.47 Å². The van der Waals surface area contributed by atoms with Crippen molar-refractivity contribution in [2.75, 3.05) is 18.9 Å². The number of nitrogens with zero attached hydrogens (tertiary/aromatic N) is 5. The van der Waals surface area contributed by atoms with Gasteiger partial charge in [0.2, 0.25) is 0 Å². The van der Waals surface area contributed by atoms with Gasteiger partial charge in [-0.25, -0.2) is 5.01 Å². The van der Waals surface area contributed by atoms with E-state index in [9.17, 15) is 4.79 Å². The number of carbonyl (C=O) groups is 1. The minimum absolute atomic E-state index is 0.0631. The van der Waals surface area contributed by atoms with Crippen molar-refractivity contribution in [3.8, 4) is 11.5 Å². The Kier molecular flexibility index (Phi) is 6.12. The maximum Gasteiger partial charge on any atom is 0.253 e. The topological polar surface area (TPSA) is 81.8 Å². The zero-order valence-electron chi connectivity index (χ0n) is 18.0. The van der Waals surface area contributed by atoms with E-state index in [4.69, 9.17) is 9.47 Å². The Hall–Kier alpha value is -3.59. The van der Waals surface area contributed by atoms with Gasteiger partial charge >= 0.3 is 0 Å². The molecule has 0 aliphatic carbocycles. The fourth-order valence-electron chi connectivity index (χ4n) is 3.76. The van der Waals surface area contributed by atoms with Crippen LogP contribution in [0.4, 0.5) is 0 Å². The van der Waals surface area contributed by atoms with Crippen LogP contribution >= 0.6 is 11.8 Å². The predicted octanol–water partition coefficient (Wildman–Crippen LogP) is 3.71. The second-order valence-corrected chi connectivity index (χ2v) is 8.52. The standard InChI is InChI=1S/C24H23N5O3S/c1-2-13-28-23(21-15-31-19-10-6-7-11-20(19)32-21)25-26-24(28)33-16-22(30)29-14-12-18(27-29)17-8-4-3-5-9-17/h2-11,21H,1,12-16H2/t21-/m0/s1. The van der Waals surface area contributed by atoms with Crippen LogP contribution in [0.5, 0.6) is 11.5 Å². The van der Waals surface area contributed by atoms with Gasteiger partial charge in [0.25, 0.3) is 5.91 Å². The highest BCUT2D eigenvalue weighted by Gasteiger charge is 2.29. The number of rotatable bonds is 7. The zero-order chi connectivity index (χ0) is 22.6. The van der Waals surface area contributed by atoms with Crippen molar-refractivity contribution in [2.45, 2.75) is 24.2 Å². The Balaban J connectivity index is 1.27. The summed E-state index contributed by atoms with van der Waals surface area (Å²) in [5.74, 6) is 2.18. The van der Waals surface area contributed by atoms with Crippen LogP contribution in [0.1, 0.15) is 23.9 Å². The number of hydrazone groups is 1. The molecule has 3 aromatic rings. The summed E-state index contributed by atoms with van der Waals surface area (Å²) in [6, 6.07) is 17.5. The molecule has 0 fully saturated rings. The number of hydrogen-bond acceptors (Lipinski definition) is 7. The van der Waals surface area contributed by atoms with E-state index >= 15 is 0 Å². The Bertz CT molecular complexity index is 1190. The van der Waals surface area contributed by atoms with Crippen molar-refractivity contribution in [3.63, 3.8) is 0 Å². The van der Waals surface area contributed by atoms with Gasteiger partial charge in [0.05, 0.1) is 18.0 Å². The zero-order valence-corrected chi connectivity index (χ0v) is 18.8. The molecule has 0 bridgehead atoms. The third kappa shape index (κ3) is 4.49. The molecule has 0 saturated heterocycles. The van der Waals surface area contributed by atoms with Crippen LogP contribution in [-0.2, 0) is 11.3 Å². The lowest BCUT2D eigenvalue weighted by Crippen LogP contribution is -2.26. The summed E-state index contributed by atoms with van der Waals surface area (Å²) in [4.78, 5) is 12.8. The van der Waals surface area contributed by atoms with E-state index in [2.05, 4.69) is 21.9 Å². The SMILES string of the molecule is C=CCn1c(SCC(=O)N2CCC(c3ccccc3)=N2)nnc1[C@@H]1COc2ccccc2O1. The molecule has 2 aromatic carbocycles. The quantitative estimate of drug-likeness (QED) is 0.394. The average Bonchev–Trinajstić information content (AvgIpc) is 3.51. The fourth-order valence-corrected chi connectivity index (χ4v) is 4.59. The van der Waals surface area contributed by atoms with Crippen molar-refractivity contribution in [1.29, 1.82) is 0 Å². The predicted molar refractivity (Wildman–Crippen MR) is 126 cm³/mol. The number of ether oxygens (including phenoxy) is 2. The van der Waals surface area contributed by atoms with E-state index < -0.39 is 6.10 Å². The molecule has 2 aliphatic rings. The number of allylic oxidation sites excluding steroid dienone is 1. The minimum Gasteiger partial charge on any atom is -0.485 e. The van der Waals surface area contributed by atoms with Crippen molar-refractivity contribution in [1.82, 2.24) is 19.8 Å². The molecule has 0 spiro atoms. The third-order valence-electron chi connectivity index (χ3n) is 5.38. The first kappa shape index (κ1) is 21.3. The van der Waals surface area contributed by atoms with Crippen LogP contribution in [0.3, 0.4) is 0 Å². The summed E-state index contributed by atoms with van der Waals surface area (Å²) < 4.78 is 13.8. The van der Waals surface area contributed by atoms with Gasteiger partial charge in [-0.05, 0) is 17.7 Å². The van der Waals surface area contributed by atoms with Gasteiger partial charge in [0.1, 0.15) is 6.61 Å². The second-order valence-electron chi connectivity index (χ2n) is 7.57. The van der Waals surface area contributed by atoms with Crippen molar-refractivity contribution in [3.05, 3.63) is 78.6 Å². The molecule has 8 nitrogen and oxygen atoms in total. The summed E-state index contributed by atoms with van der Waals surface area (Å²) in [5.41, 5.74) is 1.98. The van der Waals surface area contributed by atoms with Crippen LogP contribution in [-0.4, -0.2) is 50.3 Å². The number of amides is 1. The molecule has 0 radical (unpaired) electrons. The molecule has 3 heterocycles. The molecule has 9 heteroatoms. The smallest absolute Gasteiger partial charge is 0.253 e. The van der Waals surface area contributed by atoms with Gasteiger partial charge in [-0.3, -0.25) is 9.36 Å². The monoisotopic (exact) mass is 461 g/mol. The molecule has 168 valence electrons. The molecule has 1 aromatic heterocycles. The first-order chi connectivity index (χ1) is 16.2. The molecule has 0 saturated carbocycles. The van der Waals surface area contributed by atoms with Gasteiger partial charge in [-0.1, -0.05) is 60.3 Å². The Labute approximate surface area is 195 Å². The van der Waals surface area contributed by atoms with Crippen LogP contribution in [0.2, 0.25) is 0 Å². The van der Waals surface area contributed by atoms with E-state index in [0.29, 0.717) is 42.2 Å². The number of para-hydroxylation sites is 2. The van der Waals surface area contributed by atoms with E-state index in [1.165, 1.54) is 11.8 Å². The Morgan fingerprint density at radius 3 is 2.73 bits per heavy atom. The number of fused-ring (bicyclic) bond motifs is 1. The highest BCUT2D eigenvalue weighted by Crippen LogP contribution is 2.36. The highest BCUT2D eigenvalue weighted by atomic mass is 32.2. The fraction of sp³-hybridized carbons (Fsp3) is 0.250. The van der Waals surface area contributed by atoms with E-state index in [0.717, 1.165) is 17.7 Å². The molecular weight excluding hydrogens is 438 g/mol.